The zero-order valence-electron chi connectivity index (χ0n) is 26.3. The molecule has 49 heavy (non-hydrogen) atoms. The molecular formula is C27H36N12O9S. The van der Waals surface area contributed by atoms with Crippen molar-refractivity contribution in [3.8, 4) is 0 Å². The highest BCUT2D eigenvalue weighted by molar-refractivity contribution is 7.92. The first-order chi connectivity index (χ1) is 23.1. The number of nitrogens with zero attached hydrogens (tertiary/aromatic N) is 7. The summed E-state index contributed by atoms with van der Waals surface area (Å²) in [5, 5.41) is 36.1. The fourth-order valence-corrected chi connectivity index (χ4v) is 8.31. The molecule has 1 amide bonds. The number of fused-ring (bicyclic) bond motifs is 2. The van der Waals surface area contributed by atoms with Gasteiger partial charge in [0.1, 0.15) is 41.9 Å². The monoisotopic (exact) mass is 704 g/mol. The van der Waals surface area contributed by atoms with Gasteiger partial charge in [0.15, 0.2) is 39.0 Å². The lowest BCUT2D eigenvalue weighted by Gasteiger charge is -2.37. The van der Waals surface area contributed by atoms with E-state index in [1.165, 1.54) is 17.2 Å². The van der Waals surface area contributed by atoms with Crippen LogP contribution in [0.2, 0.25) is 0 Å². The SMILES string of the molecule is CC1(C)Nc2nc(N)[nH]c(=O)c2N=C1C(=O)NCCN1CCC(S(=O)(=O)C[C@H]2O[C@@H](n3cnc4c(N)ncnc43)C(O)C2O)CC1C(=O)O. The molecule has 3 aromatic rings. The zero-order chi connectivity index (χ0) is 35.4. The van der Waals surface area contributed by atoms with Gasteiger partial charge in [-0.05, 0) is 26.7 Å². The smallest absolute Gasteiger partial charge is 0.320 e. The highest BCUT2D eigenvalue weighted by atomic mass is 32.2. The molecule has 0 bridgehead atoms. The molecule has 10 N–H and O–H groups in total. The first-order valence-electron chi connectivity index (χ1n) is 15.3. The van der Waals surface area contributed by atoms with Crippen molar-refractivity contribution in [2.75, 3.05) is 42.2 Å². The molecule has 0 aliphatic carbocycles. The number of H-pyrrole nitrogens is 1. The number of aliphatic carboxylic acids is 1. The summed E-state index contributed by atoms with van der Waals surface area (Å²) in [5.74, 6) is -2.40. The summed E-state index contributed by atoms with van der Waals surface area (Å²) in [6.07, 6.45) is -3.33. The number of amides is 1. The van der Waals surface area contributed by atoms with Gasteiger partial charge in [0.25, 0.3) is 11.5 Å². The van der Waals surface area contributed by atoms with E-state index in [9.17, 15) is 38.1 Å². The van der Waals surface area contributed by atoms with Crippen molar-refractivity contribution >= 4 is 61.9 Å². The lowest BCUT2D eigenvalue weighted by Crippen LogP contribution is -2.54. The van der Waals surface area contributed by atoms with E-state index in [4.69, 9.17) is 16.2 Å². The van der Waals surface area contributed by atoms with E-state index in [1.54, 1.807) is 18.7 Å². The van der Waals surface area contributed by atoms with Crippen LogP contribution in [0.3, 0.4) is 0 Å². The number of likely N-dealkylation sites (tertiary alicyclic amines) is 1. The maximum Gasteiger partial charge on any atom is 0.320 e. The third-order valence-corrected chi connectivity index (χ3v) is 11.1. The van der Waals surface area contributed by atoms with Crippen LogP contribution in [0.15, 0.2) is 22.4 Å². The number of carbonyl (C=O) groups is 2. The largest absolute Gasteiger partial charge is 0.480 e. The molecule has 3 aromatic heterocycles. The first kappa shape index (κ1) is 34.1. The van der Waals surface area contributed by atoms with Gasteiger partial charge in [-0.2, -0.15) is 4.98 Å². The summed E-state index contributed by atoms with van der Waals surface area (Å²) in [6.45, 7) is 3.50. The number of nitrogen functional groups attached to an aromatic ring is 2. The fraction of sp³-hybridized carbons (Fsp3) is 0.556. The Hall–Kier alpha value is -4.77. The number of piperidine rings is 1. The molecule has 21 nitrogen and oxygen atoms in total. The minimum absolute atomic E-state index is 0.000777. The van der Waals surface area contributed by atoms with Gasteiger partial charge in [0, 0.05) is 19.6 Å². The third kappa shape index (κ3) is 6.39. The number of ether oxygens (including phenoxy) is 1. The van der Waals surface area contributed by atoms with Crippen LogP contribution < -0.4 is 27.7 Å². The number of carbonyl (C=O) groups excluding carboxylic acids is 1. The molecule has 0 saturated carbocycles. The van der Waals surface area contributed by atoms with Crippen molar-refractivity contribution in [3.63, 3.8) is 0 Å². The van der Waals surface area contributed by atoms with Crippen molar-refractivity contribution < 1.29 is 38.1 Å². The number of aromatic amines is 1. The van der Waals surface area contributed by atoms with Gasteiger partial charge >= 0.3 is 5.97 Å². The summed E-state index contributed by atoms with van der Waals surface area (Å²) in [4.78, 5) is 61.9. The quantitative estimate of drug-likeness (QED) is 0.111. The van der Waals surface area contributed by atoms with Gasteiger partial charge in [-0.1, -0.05) is 0 Å². The molecule has 2 fully saturated rings. The second-order valence-electron chi connectivity index (χ2n) is 12.6. The molecule has 6 rings (SSSR count). The van der Waals surface area contributed by atoms with E-state index < -0.39 is 74.4 Å². The molecule has 0 radical (unpaired) electrons. The number of hydrogen-bond acceptors (Lipinski definition) is 17. The summed E-state index contributed by atoms with van der Waals surface area (Å²) in [6, 6.07) is -1.19. The molecule has 4 unspecified atom stereocenters. The van der Waals surface area contributed by atoms with Gasteiger partial charge < -0.3 is 42.2 Å². The molecular weight excluding hydrogens is 668 g/mol. The standard InChI is InChI=1S/C27H36N12O9S/c1-27(2)18(34-15-20(37-27)35-26(29)36-22(15)42)23(43)30-4-6-38-5-3-11(7-12(38)25(44)45)49(46,47)8-13-16(40)17(41)24(48-13)39-10-33-14-19(28)31-9-32-21(14)39/h9-13,16-17,24,40-41H,3-8H2,1-2H3,(H,30,43)(H,44,45)(H2,28,31,32)(H4,29,35,36,37,42)/t11?,12?,13-,16?,17?,24-/m1/s1. The van der Waals surface area contributed by atoms with Crippen LogP contribution >= 0.6 is 0 Å². The normalized spacial score (nSPS) is 26.9. The molecule has 3 aliphatic rings. The number of nitrogens with two attached hydrogens (primary N) is 2. The summed E-state index contributed by atoms with van der Waals surface area (Å²) in [5.41, 5.74) is 10.1. The molecule has 264 valence electrons. The van der Waals surface area contributed by atoms with Crippen LogP contribution in [0.1, 0.15) is 32.9 Å². The summed E-state index contributed by atoms with van der Waals surface area (Å²) >= 11 is 0. The van der Waals surface area contributed by atoms with E-state index in [0.717, 1.165) is 0 Å². The Morgan fingerprint density at radius 2 is 1.94 bits per heavy atom. The second kappa shape index (κ2) is 12.6. The number of sulfone groups is 1. The summed E-state index contributed by atoms with van der Waals surface area (Å²) in [7, 11) is -4.04. The number of aliphatic imine (C=N–C) groups is 1. The molecule has 6 heterocycles. The molecule has 0 spiro atoms. The van der Waals surface area contributed by atoms with Crippen LogP contribution in [0.25, 0.3) is 11.2 Å². The van der Waals surface area contributed by atoms with Crippen molar-refractivity contribution in [1.82, 2.24) is 39.7 Å². The Labute approximate surface area is 277 Å². The summed E-state index contributed by atoms with van der Waals surface area (Å²) < 4.78 is 34.2. The topological polar surface area (TPSA) is 319 Å². The number of carboxylic acids is 1. The highest BCUT2D eigenvalue weighted by Gasteiger charge is 2.48. The lowest BCUT2D eigenvalue weighted by atomic mass is 9.95. The molecule has 22 heteroatoms. The molecule has 0 aromatic carbocycles. The van der Waals surface area contributed by atoms with Crippen LogP contribution in [-0.4, -0.2) is 136 Å². The minimum Gasteiger partial charge on any atom is -0.480 e. The van der Waals surface area contributed by atoms with Crippen LogP contribution in [0, 0.1) is 0 Å². The first-order valence-corrected chi connectivity index (χ1v) is 17.0. The van der Waals surface area contributed by atoms with Crippen LogP contribution in [0.5, 0.6) is 0 Å². The predicted molar refractivity (Wildman–Crippen MR) is 173 cm³/mol. The van der Waals surface area contributed by atoms with Gasteiger partial charge in [-0.3, -0.25) is 28.8 Å². The van der Waals surface area contributed by atoms with Crippen molar-refractivity contribution in [3.05, 3.63) is 23.0 Å². The Morgan fingerprint density at radius 3 is 2.67 bits per heavy atom. The second-order valence-corrected chi connectivity index (χ2v) is 14.9. The van der Waals surface area contributed by atoms with Gasteiger partial charge in [0.2, 0.25) is 5.95 Å². The third-order valence-electron chi connectivity index (χ3n) is 8.91. The Bertz CT molecular complexity index is 2000. The zero-order valence-corrected chi connectivity index (χ0v) is 27.2. The predicted octanol–water partition coefficient (Wildman–Crippen LogP) is -2.88. The van der Waals surface area contributed by atoms with E-state index >= 15 is 0 Å². The number of anilines is 3. The highest BCUT2D eigenvalue weighted by Crippen LogP contribution is 2.34. The van der Waals surface area contributed by atoms with E-state index in [2.05, 4.69) is 40.5 Å². The number of nitrogens with one attached hydrogen (secondary N) is 3. The Kier molecular flexibility index (Phi) is 8.77. The average molecular weight is 705 g/mol. The lowest BCUT2D eigenvalue weighted by molar-refractivity contribution is -0.144. The minimum atomic E-state index is -4.04. The van der Waals surface area contributed by atoms with Crippen LogP contribution in [0.4, 0.5) is 23.3 Å². The average Bonchev–Trinajstić information content (AvgIpc) is 3.57. The molecule has 2 saturated heterocycles. The van der Waals surface area contributed by atoms with Gasteiger partial charge in [-0.15, -0.1) is 0 Å². The maximum atomic E-state index is 13.5. The van der Waals surface area contributed by atoms with E-state index in [1.807, 2.05) is 0 Å². The number of aliphatic hydroxyl groups excluding tert-OH is 2. The van der Waals surface area contributed by atoms with Crippen molar-refractivity contribution in [2.45, 2.75) is 68.1 Å². The number of aromatic nitrogens is 6. The number of imidazole rings is 1. The Balaban J connectivity index is 1.08. The molecule has 3 aliphatic heterocycles. The van der Waals surface area contributed by atoms with Crippen molar-refractivity contribution in [2.24, 2.45) is 4.99 Å². The van der Waals surface area contributed by atoms with E-state index in [-0.39, 0.29) is 72.6 Å². The van der Waals surface area contributed by atoms with Crippen molar-refractivity contribution in [1.29, 1.82) is 0 Å². The number of hydrogen-bond donors (Lipinski definition) is 8. The fourth-order valence-electron chi connectivity index (χ4n) is 6.36. The van der Waals surface area contributed by atoms with Crippen LogP contribution in [-0.2, 0) is 24.2 Å². The van der Waals surface area contributed by atoms with Gasteiger partial charge in [-0.25, -0.2) is 28.4 Å². The number of carboxylic acid groups (broad SMARTS) is 1. The Morgan fingerprint density at radius 1 is 1.18 bits per heavy atom. The number of aliphatic hydroxyl groups is 2. The van der Waals surface area contributed by atoms with Gasteiger partial charge in [0.05, 0.1) is 22.9 Å². The number of rotatable bonds is 9. The molecule has 6 atom stereocenters. The maximum absolute atomic E-state index is 13.5. The van der Waals surface area contributed by atoms with E-state index in [0.29, 0.717) is 0 Å².